The first-order valence-electron chi connectivity index (χ1n) is 29.0. The van der Waals surface area contributed by atoms with Crippen molar-refractivity contribution in [1.29, 1.82) is 0 Å². The van der Waals surface area contributed by atoms with Gasteiger partial charge in [0, 0.05) is 19.3 Å². The van der Waals surface area contributed by atoms with Crippen molar-refractivity contribution in [2.75, 3.05) is 13.2 Å². The van der Waals surface area contributed by atoms with E-state index in [0.717, 1.165) is 57.8 Å². The minimum atomic E-state index is -0.759. The van der Waals surface area contributed by atoms with Crippen LogP contribution in [0.1, 0.15) is 335 Å². The molecule has 0 saturated heterocycles. The molecule has 0 aromatic heterocycles. The first kappa shape index (κ1) is 62.4. The van der Waals surface area contributed by atoms with Crippen LogP contribution in [-0.4, -0.2) is 37.2 Å². The molecule has 0 aliphatic carbocycles. The van der Waals surface area contributed by atoms with Gasteiger partial charge >= 0.3 is 17.9 Å². The molecular weight excluding hydrogens is 793 g/mol. The summed E-state index contributed by atoms with van der Waals surface area (Å²) in [6.07, 6.45) is 60.0. The van der Waals surface area contributed by atoms with Crippen LogP contribution in [0.25, 0.3) is 0 Å². The molecule has 0 rings (SSSR count). The molecule has 0 radical (unpaired) electrons. The lowest BCUT2D eigenvalue weighted by atomic mass is 10.0. The number of unbranched alkanes of at least 4 members (excludes halogenated alkanes) is 43. The monoisotopic (exact) mass is 905 g/mol. The Hall–Kier alpha value is -1.59. The maximum Gasteiger partial charge on any atom is 0.306 e. The highest BCUT2D eigenvalue weighted by molar-refractivity contribution is 5.71. The molecule has 1 atom stereocenters. The quantitative estimate of drug-likeness (QED) is 0.0344. The summed E-state index contributed by atoms with van der Waals surface area (Å²) in [7, 11) is 0. The van der Waals surface area contributed by atoms with Gasteiger partial charge in [0.05, 0.1) is 0 Å². The van der Waals surface area contributed by atoms with Crippen LogP contribution in [-0.2, 0) is 28.6 Å². The summed E-state index contributed by atoms with van der Waals surface area (Å²) in [5.74, 6) is -0.848. The fourth-order valence-electron chi connectivity index (χ4n) is 8.98. The van der Waals surface area contributed by atoms with Crippen LogP contribution in [0, 0.1) is 0 Å². The summed E-state index contributed by atoms with van der Waals surface area (Å²) in [5, 5.41) is 0. The van der Waals surface area contributed by atoms with Gasteiger partial charge in [-0.1, -0.05) is 297 Å². The summed E-state index contributed by atoms with van der Waals surface area (Å²) < 4.78 is 16.8. The SMILES string of the molecule is CCCCCCCCCCCCCCCCCCCCCCCCCCCC(=O)OCC(COC(=O)CCCCCCCC)OC(=O)CCCCCCCCCCCCCCCCC. The molecule has 0 aromatic rings. The lowest BCUT2D eigenvalue weighted by Gasteiger charge is -2.18. The van der Waals surface area contributed by atoms with Crippen molar-refractivity contribution in [3.8, 4) is 0 Å². The Morgan fingerprint density at radius 2 is 0.422 bits per heavy atom. The highest BCUT2D eigenvalue weighted by Crippen LogP contribution is 2.18. The highest BCUT2D eigenvalue weighted by atomic mass is 16.6. The van der Waals surface area contributed by atoms with Gasteiger partial charge < -0.3 is 14.2 Å². The van der Waals surface area contributed by atoms with Gasteiger partial charge in [0.25, 0.3) is 0 Å². The molecular formula is C58H112O6. The van der Waals surface area contributed by atoms with E-state index in [0.29, 0.717) is 19.3 Å². The number of carbonyl (C=O) groups excluding carboxylic acids is 3. The molecule has 0 N–H and O–H groups in total. The van der Waals surface area contributed by atoms with Crippen molar-refractivity contribution in [3.05, 3.63) is 0 Å². The first-order valence-corrected chi connectivity index (χ1v) is 29.0. The lowest BCUT2D eigenvalue weighted by Crippen LogP contribution is -2.30. The Labute approximate surface area is 399 Å². The third-order valence-electron chi connectivity index (χ3n) is 13.4. The van der Waals surface area contributed by atoms with E-state index < -0.39 is 6.10 Å². The van der Waals surface area contributed by atoms with Gasteiger partial charge in [-0.05, 0) is 19.3 Å². The smallest absolute Gasteiger partial charge is 0.306 e. The van der Waals surface area contributed by atoms with Crippen LogP contribution in [0.5, 0.6) is 0 Å². The molecule has 380 valence electrons. The van der Waals surface area contributed by atoms with E-state index in [9.17, 15) is 14.4 Å². The number of hydrogen-bond acceptors (Lipinski definition) is 6. The van der Waals surface area contributed by atoms with E-state index in [1.807, 2.05) is 0 Å². The Balaban J connectivity index is 4.01. The van der Waals surface area contributed by atoms with Gasteiger partial charge in [-0.25, -0.2) is 0 Å². The third kappa shape index (κ3) is 51.4. The molecule has 0 spiro atoms. The molecule has 0 aliphatic heterocycles. The molecule has 64 heavy (non-hydrogen) atoms. The topological polar surface area (TPSA) is 78.9 Å². The maximum absolute atomic E-state index is 12.8. The van der Waals surface area contributed by atoms with E-state index in [2.05, 4.69) is 20.8 Å². The summed E-state index contributed by atoms with van der Waals surface area (Å²) in [5.41, 5.74) is 0. The summed E-state index contributed by atoms with van der Waals surface area (Å²) in [4.78, 5) is 37.8. The van der Waals surface area contributed by atoms with Crippen molar-refractivity contribution in [2.45, 2.75) is 341 Å². The Kier molecular flexibility index (Phi) is 52.7. The second kappa shape index (κ2) is 54.0. The third-order valence-corrected chi connectivity index (χ3v) is 13.4. The van der Waals surface area contributed by atoms with Crippen molar-refractivity contribution in [1.82, 2.24) is 0 Å². The summed E-state index contributed by atoms with van der Waals surface area (Å²) >= 11 is 0. The molecule has 1 unspecified atom stereocenters. The van der Waals surface area contributed by atoms with Crippen molar-refractivity contribution >= 4 is 17.9 Å². The normalized spacial score (nSPS) is 11.9. The van der Waals surface area contributed by atoms with E-state index in [-0.39, 0.29) is 31.1 Å². The largest absolute Gasteiger partial charge is 0.462 e. The number of carbonyl (C=O) groups is 3. The second-order valence-electron chi connectivity index (χ2n) is 19.9. The molecule has 0 fully saturated rings. The zero-order valence-corrected chi connectivity index (χ0v) is 43.6. The molecule has 0 heterocycles. The van der Waals surface area contributed by atoms with E-state index in [1.54, 1.807) is 0 Å². The van der Waals surface area contributed by atoms with Crippen LogP contribution in [0.15, 0.2) is 0 Å². The fraction of sp³-hybridized carbons (Fsp3) is 0.948. The minimum Gasteiger partial charge on any atom is -0.462 e. The van der Waals surface area contributed by atoms with Crippen LogP contribution < -0.4 is 0 Å². The van der Waals surface area contributed by atoms with Crippen LogP contribution in [0.4, 0.5) is 0 Å². The first-order chi connectivity index (χ1) is 31.5. The zero-order chi connectivity index (χ0) is 46.5. The van der Waals surface area contributed by atoms with Gasteiger partial charge in [-0.2, -0.15) is 0 Å². The Morgan fingerprint density at radius 1 is 0.250 bits per heavy atom. The lowest BCUT2D eigenvalue weighted by molar-refractivity contribution is -0.167. The average Bonchev–Trinajstić information content (AvgIpc) is 3.29. The predicted octanol–water partition coefficient (Wildman–Crippen LogP) is 19.2. The molecule has 6 nitrogen and oxygen atoms in total. The predicted molar refractivity (Wildman–Crippen MR) is 275 cm³/mol. The Bertz CT molecular complexity index is 951. The van der Waals surface area contributed by atoms with Gasteiger partial charge in [-0.3, -0.25) is 14.4 Å². The number of ether oxygens (including phenoxy) is 3. The minimum absolute atomic E-state index is 0.0623. The molecule has 6 heteroatoms. The van der Waals surface area contributed by atoms with Crippen molar-refractivity contribution < 1.29 is 28.6 Å². The zero-order valence-electron chi connectivity index (χ0n) is 43.6. The number of esters is 3. The molecule has 0 amide bonds. The maximum atomic E-state index is 12.8. The van der Waals surface area contributed by atoms with Crippen LogP contribution in [0.3, 0.4) is 0 Å². The average molecular weight is 906 g/mol. The van der Waals surface area contributed by atoms with Gasteiger partial charge in [0.1, 0.15) is 13.2 Å². The molecule has 0 aliphatic rings. The van der Waals surface area contributed by atoms with Crippen LogP contribution in [0.2, 0.25) is 0 Å². The van der Waals surface area contributed by atoms with Crippen molar-refractivity contribution in [3.63, 3.8) is 0 Å². The van der Waals surface area contributed by atoms with Crippen LogP contribution >= 0.6 is 0 Å². The van der Waals surface area contributed by atoms with Gasteiger partial charge in [0.15, 0.2) is 6.10 Å². The molecule has 0 bridgehead atoms. The van der Waals surface area contributed by atoms with E-state index in [1.165, 1.54) is 238 Å². The molecule has 0 aromatic carbocycles. The van der Waals surface area contributed by atoms with Gasteiger partial charge in [-0.15, -0.1) is 0 Å². The highest BCUT2D eigenvalue weighted by Gasteiger charge is 2.19. The van der Waals surface area contributed by atoms with E-state index >= 15 is 0 Å². The Morgan fingerprint density at radius 3 is 0.625 bits per heavy atom. The second-order valence-corrected chi connectivity index (χ2v) is 19.9. The summed E-state index contributed by atoms with van der Waals surface area (Å²) in [6.45, 7) is 6.64. The molecule has 0 saturated carbocycles. The van der Waals surface area contributed by atoms with E-state index in [4.69, 9.17) is 14.2 Å². The van der Waals surface area contributed by atoms with Gasteiger partial charge in [0.2, 0.25) is 0 Å². The standard InChI is InChI=1S/C58H112O6/c1-4-7-10-13-16-18-20-22-24-25-26-27-28-29-30-31-32-33-35-36-38-40-42-45-48-51-57(60)63-54-55(53-62-56(59)50-47-44-15-12-9-6-3)64-58(61)52-49-46-43-41-39-37-34-23-21-19-17-14-11-8-5-2/h55H,4-54H2,1-3H3. The summed E-state index contributed by atoms with van der Waals surface area (Å²) in [6, 6.07) is 0. The number of rotatable bonds is 54. The fourth-order valence-corrected chi connectivity index (χ4v) is 8.98. The number of hydrogen-bond donors (Lipinski definition) is 0. The van der Waals surface area contributed by atoms with Crippen molar-refractivity contribution in [2.24, 2.45) is 0 Å².